The second-order valence-electron chi connectivity index (χ2n) is 4.59. The van der Waals surface area contributed by atoms with E-state index in [4.69, 9.17) is 17.3 Å². The monoisotopic (exact) mass is 320 g/mol. The van der Waals surface area contributed by atoms with Gasteiger partial charge in [0.1, 0.15) is 0 Å². The zero-order valence-electron chi connectivity index (χ0n) is 10.9. The second-order valence-corrected chi connectivity index (χ2v) is 7.25. The fourth-order valence-electron chi connectivity index (χ4n) is 1.89. The minimum absolute atomic E-state index is 0.777. The fourth-order valence-corrected chi connectivity index (χ4v) is 4.39. The molecule has 0 aliphatic rings. The SMILES string of the molecule is Cc1ccc(CSc2nc3ccc(N)cc3s2)c(Cl)c1. The van der Waals surface area contributed by atoms with Crippen LogP contribution in [0.4, 0.5) is 5.69 Å². The number of nitrogens with two attached hydrogens (primary N) is 1. The molecule has 2 N–H and O–H groups in total. The summed E-state index contributed by atoms with van der Waals surface area (Å²) in [4.78, 5) is 4.60. The van der Waals surface area contributed by atoms with Gasteiger partial charge in [-0.25, -0.2) is 4.98 Å². The molecule has 2 nitrogen and oxygen atoms in total. The van der Waals surface area contributed by atoms with E-state index in [2.05, 4.69) is 17.1 Å². The van der Waals surface area contributed by atoms with Crippen LogP contribution in [0.5, 0.6) is 0 Å². The highest BCUT2D eigenvalue weighted by Crippen LogP contribution is 2.33. The molecule has 5 heteroatoms. The van der Waals surface area contributed by atoms with Crippen molar-refractivity contribution in [1.29, 1.82) is 0 Å². The van der Waals surface area contributed by atoms with Crippen molar-refractivity contribution in [2.45, 2.75) is 17.0 Å². The van der Waals surface area contributed by atoms with Crippen molar-refractivity contribution in [2.24, 2.45) is 0 Å². The van der Waals surface area contributed by atoms with Gasteiger partial charge >= 0.3 is 0 Å². The smallest absolute Gasteiger partial charge is 0.151 e. The Morgan fingerprint density at radius 2 is 2.10 bits per heavy atom. The lowest BCUT2D eigenvalue weighted by atomic mass is 10.2. The van der Waals surface area contributed by atoms with E-state index in [1.54, 1.807) is 23.1 Å². The van der Waals surface area contributed by atoms with Crippen molar-refractivity contribution >= 4 is 50.6 Å². The molecule has 0 amide bonds. The summed E-state index contributed by atoms with van der Waals surface area (Å²) in [6, 6.07) is 12.0. The van der Waals surface area contributed by atoms with Crippen molar-refractivity contribution in [3.8, 4) is 0 Å². The summed E-state index contributed by atoms with van der Waals surface area (Å²) in [6.45, 7) is 2.04. The Balaban J connectivity index is 1.79. The molecule has 1 aromatic heterocycles. The first kappa shape index (κ1) is 13.7. The molecule has 2 aromatic carbocycles. The standard InChI is InChI=1S/C15H13ClN2S2/c1-9-2-3-10(12(16)6-9)8-19-15-18-13-5-4-11(17)7-14(13)20-15/h2-7H,8,17H2,1H3. The van der Waals surface area contributed by atoms with Crippen molar-refractivity contribution in [1.82, 2.24) is 4.98 Å². The summed E-state index contributed by atoms with van der Waals surface area (Å²) in [6.07, 6.45) is 0. The Labute approximate surface area is 131 Å². The third-order valence-electron chi connectivity index (χ3n) is 2.95. The normalized spacial score (nSPS) is 11.1. The maximum atomic E-state index is 6.25. The number of nitrogens with zero attached hydrogens (tertiary/aromatic N) is 1. The highest BCUT2D eigenvalue weighted by Gasteiger charge is 2.07. The summed E-state index contributed by atoms with van der Waals surface area (Å²) in [7, 11) is 0. The van der Waals surface area contributed by atoms with Gasteiger partial charge in [-0.2, -0.15) is 0 Å². The molecule has 0 spiro atoms. The van der Waals surface area contributed by atoms with Gasteiger partial charge in [-0.1, -0.05) is 35.5 Å². The second kappa shape index (κ2) is 5.64. The largest absolute Gasteiger partial charge is 0.399 e. The lowest BCUT2D eigenvalue weighted by molar-refractivity contribution is 1.29. The van der Waals surface area contributed by atoms with E-state index in [0.29, 0.717) is 0 Å². The van der Waals surface area contributed by atoms with Crippen LogP contribution in [0.25, 0.3) is 10.2 Å². The molecule has 3 rings (SSSR count). The number of aryl methyl sites for hydroxylation is 1. The molecule has 102 valence electrons. The van der Waals surface area contributed by atoms with E-state index in [-0.39, 0.29) is 0 Å². The van der Waals surface area contributed by atoms with Gasteiger partial charge < -0.3 is 5.73 Å². The fraction of sp³-hybridized carbons (Fsp3) is 0.133. The number of hydrogen-bond donors (Lipinski definition) is 1. The lowest BCUT2D eigenvalue weighted by Gasteiger charge is -2.03. The topological polar surface area (TPSA) is 38.9 Å². The molecule has 0 unspecified atom stereocenters. The lowest BCUT2D eigenvalue weighted by Crippen LogP contribution is -1.83. The predicted octanol–water partition coefficient (Wildman–Crippen LogP) is 5.13. The van der Waals surface area contributed by atoms with Gasteiger partial charge in [-0.15, -0.1) is 11.3 Å². The summed E-state index contributed by atoms with van der Waals surface area (Å²) in [5, 5.41) is 0.822. The van der Waals surface area contributed by atoms with Crippen LogP contribution < -0.4 is 5.73 Å². The van der Waals surface area contributed by atoms with E-state index in [9.17, 15) is 0 Å². The zero-order chi connectivity index (χ0) is 14.1. The third-order valence-corrected chi connectivity index (χ3v) is 5.51. The molecule has 20 heavy (non-hydrogen) atoms. The first-order valence-electron chi connectivity index (χ1n) is 6.16. The van der Waals surface area contributed by atoms with Crippen LogP contribution in [-0.4, -0.2) is 4.98 Å². The molecule has 0 saturated heterocycles. The Hall–Kier alpha value is -1.23. The molecule has 0 saturated carbocycles. The number of rotatable bonds is 3. The quantitative estimate of drug-likeness (QED) is 0.537. The molecule has 0 fully saturated rings. The van der Waals surface area contributed by atoms with Gasteiger partial charge in [0, 0.05) is 16.5 Å². The van der Waals surface area contributed by atoms with Crippen molar-refractivity contribution in [3.05, 3.63) is 52.5 Å². The molecule has 0 aliphatic carbocycles. The van der Waals surface area contributed by atoms with Crippen LogP contribution in [0.3, 0.4) is 0 Å². The average Bonchev–Trinajstić information content (AvgIpc) is 2.79. The summed E-state index contributed by atoms with van der Waals surface area (Å²) in [5.41, 5.74) is 9.89. The molecule has 3 aromatic rings. The van der Waals surface area contributed by atoms with Crippen LogP contribution in [0.2, 0.25) is 5.02 Å². The van der Waals surface area contributed by atoms with Crippen molar-refractivity contribution < 1.29 is 0 Å². The highest BCUT2D eigenvalue weighted by atomic mass is 35.5. The van der Waals surface area contributed by atoms with Gasteiger partial charge in [-0.05, 0) is 42.3 Å². The number of halogens is 1. The van der Waals surface area contributed by atoms with Gasteiger partial charge in [0.05, 0.1) is 10.2 Å². The van der Waals surface area contributed by atoms with E-state index >= 15 is 0 Å². The van der Waals surface area contributed by atoms with Crippen LogP contribution in [0.1, 0.15) is 11.1 Å². The number of anilines is 1. The van der Waals surface area contributed by atoms with Gasteiger partial charge in [0.15, 0.2) is 4.34 Å². The van der Waals surface area contributed by atoms with Crippen molar-refractivity contribution in [2.75, 3.05) is 5.73 Å². The van der Waals surface area contributed by atoms with Gasteiger partial charge in [0.2, 0.25) is 0 Å². The number of hydrogen-bond acceptors (Lipinski definition) is 4. The number of thioether (sulfide) groups is 1. The minimum Gasteiger partial charge on any atom is -0.399 e. The highest BCUT2D eigenvalue weighted by molar-refractivity contribution is 8.00. The Bertz CT molecular complexity index is 768. The van der Waals surface area contributed by atoms with Crippen LogP contribution in [0.15, 0.2) is 40.7 Å². The molecule has 0 bridgehead atoms. The molecular weight excluding hydrogens is 308 g/mol. The van der Waals surface area contributed by atoms with E-state index in [0.717, 1.165) is 36.6 Å². The van der Waals surface area contributed by atoms with Crippen LogP contribution >= 0.6 is 34.7 Å². The zero-order valence-corrected chi connectivity index (χ0v) is 13.3. The van der Waals surface area contributed by atoms with Gasteiger partial charge in [-0.3, -0.25) is 0 Å². The van der Waals surface area contributed by atoms with E-state index < -0.39 is 0 Å². The number of nitrogen functional groups attached to an aromatic ring is 1. The first-order chi connectivity index (χ1) is 9.61. The third kappa shape index (κ3) is 2.92. The Morgan fingerprint density at radius 1 is 1.25 bits per heavy atom. The summed E-state index contributed by atoms with van der Waals surface area (Å²) < 4.78 is 2.17. The number of fused-ring (bicyclic) bond motifs is 1. The van der Waals surface area contributed by atoms with Gasteiger partial charge in [0.25, 0.3) is 0 Å². The number of aromatic nitrogens is 1. The number of benzene rings is 2. The first-order valence-corrected chi connectivity index (χ1v) is 8.34. The molecule has 0 radical (unpaired) electrons. The van der Waals surface area contributed by atoms with E-state index in [1.165, 1.54) is 5.56 Å². The molecule has 1 heterocycles. The number of thiazole rings is 1. The van der Waals surface area contributed by atoms with Crippen molar-refractivity contribution in [3.63, 3.8) is 0 Å². The van der Waals surface area contributed by atoms with Crippen LogP contribution in [0, 0.1) is 6.92 Å². The summed E-state index contributed by atoms with van der Waals surface area (Å²) >= 11 is 9.62. The Kier molecular flexibility index (Phi) is 3.87. The molecule has 0 aliphatic heterocycles. The average molecular weight is 321 g/mol. The minimum atomic E-state index is 0.777. The predicted molar refractivity (Wildman–Crippen MR) is 89.8 cm³/mol. The maximum absolute atomic E-state index is 6.25. The summed E-state index contributed by atoms with van der Waals surface area (Å²) in [5.74, 6) is 0.828. The van der Waals surface area contributed by atoms with E-state index in [1.807, 2.05) is 31.2 Å². The Morgan fingerprint density at radius 3 is 2.90 bits per heavy atom. The van der Waals surface area contributed by atoms with Crippen LogP contribution in [-0.2, 0) is 5.75 Å². The molecule has 0 atom stereocenters. The maximum Gasteiger partial charge on any atom is 0.151 e. The molecular formula is C15H13ClN2S2.